The van der Waals surface area contributed by atoms with E-state index in [0.29, 0.717) is 0 Å². The zero-order chi connectivity index (χ0) is 14.4. The van der Waals surface area contributed by atoms with Crippen LogP contribution in [0.5, 0.6) is 0 Å². The fourth-order valence-electron chi connectivity index (χ4n) is 1.90. The van der Waals surface area contributed by atoms with Gasteiger partial charge in [-0.15, -0.1) is 0 Å². The molecular weight excluding hydrogens is 260 g/mol. The average molecular weight is 274 g/mol. The first-order valence-electron chi connectivity index (χ1n) is 5.35. The van der Waals surface area contributed by atoms with Gasteiger partial charge >= 0.3 is 5.69 Å². The molecule has 8 N–H and O–H groups in total. The summed E-state index contributed by atoms with van der Waals surface area (Å²) in [6.45, 7) is 0. The average Bonchev–Trinajstić information content (AvgIpc) is 2.56. The first-order chi connectivity index (χ1) is 8.71. The molecule has 0 unspecified atom stereocenters. The van der Waals surface area contributed by atoms with Crippen molar-refractivity contribution in [1.29, 1.82) is 0 Å². The van der Waals surface area contributed by atoms with Gasteiger partial charge < -0.3 is 20.1 Å². The Kier molecular flexibility index (Phi) is 3.30. The summed E-state index contributed by atoms with van der Waals surface area (Å²) in [5.74, 6) is -2.39. The van der Waals surface area contributed by atoms with Gasteiger partial charge in [0, 0.05) is 12.3 Å². The monoisotopic (exact) mass is 274 g/mol. The second kappa shape index (κ2) is 4.52. The Morgan fingerprint density at radius 2 is 1.95 bits per heavy atom. The van der Waals surface area contributed by atoms with E-state index >= 15 is 0 Å². The number of hydrogen-bond donors (Lipinski definition) is 6. The van der Waals surface area contributed by atoms with Gasteiger partial charge in [0.1, 0.15) is 18.3 Å². The number of nitrogens with zero attached hydrogens (tertiary/aromatic N) is 1. The van der Waals surface area contributed by atoms with E-state index in [1.54, 1.807) is 0 Å². The number of nitrogens with two attached hydrogens (primary N) is 2. The van der Waals surface area contributed by atoms with Crippen LogP contribution in [0, 0.1) is 0 Å². The lowest BCUT2D eigenvalue weighted by Gasteiger charge is -2.26. The molecule has 106 valence electrons. The lowest BCUT2D eigenvalue weighted by atomic mass is 10.1. The second-order valence-corrected chi connectivity index (χ2v) is 4.33. The number of aromatic nitrogens is 2. The SMILES string of the molecule is NC(N)(O)[C@H]1O[C@@H](n2ccc(=O)[nH]c2=O)[C@H](O)[C@@H]1O. The Morgan fingerprint density at radius 1 is 1.32 bits per heavy atom. The van der Waals surface area contributed by atoms with E-state index in [-0.39, 0.29) is 0 Å². The minimum Gasteiger partial charge on any atom is -0.387 e. The highest BCUT2D eigenvalue weighted by Gasteiger charge is 2.51. The van der Waals surface area contributed by atoms with Gasteiger partial charge in [-0.25, -0.2) is 4.79 Å². The molecule has 10 heteroatoms. The van der Waals surface area contributed by atoms with Crippen LogP contribution >= 0.6 is 0 Å². The van der Waals surface area contributed by atoms with Crippen molar-refractivity contribution in [3.63, 3.8) is 0 Å². The van der Waals surface area contributed by atoms with Crippen LogP contribution in [0.4, 0.5) is 0 Å². The van der Waals surface area contributed by atoms with Gasteiger partial charge in [-0.1, -0.05) is 0 Å². The Hall–Kier alpha value is -1.56. The summed E-state index contributed by atoms with van der Waals surface area (Å²) >= 11 is 0. The molecule has 0 bridgehead atoms. The lowest BCUT2D eigenvalue weighted by molar-refractivity contribution is -0.135. The van der Waals surface area contributed by atoms with Gasteiger partial charge in [0.25, 0.3) is 5.56 Å². The molecule has 2 rings (SSSR count). The minimum absolute atomic E-state index is 0.625. The van der Waals surface area contributed by atoms with Crippen molar-refractivity contribution in [1.82, 2.24) is 9.55 Å². The number of rotatable bonds is 2. The van der Waals surface area contributed by atoms with Gasteiger partial charge in [0.2, 0.25) is 0 Å². The minimum atomic E-state index is -2.39. The van der Waals surface area contributed by atoms with Gasteiger partial charge in [-0.3, -0.25) is 25.8 Å². The van der Waals surface area contributed by atoms with Crippen molar-refractivity contribution in [2.45, 2.75) is 30.4 Å². The van der Waals surface area contributed by atoms with E-state index < -0.39 is 41.6 Å². The van der Waals surface area contributed by atoms with Crippen LogP contribution in [0.2, 0.25) is 0 Å². The van der Waals surface area contributed by atoms with Crippen molar-refractivity contribution in [2.24, 2.45) is 11.5 Å². The fraction of sp³-hybridized carbons (Fsp3) is 0.556. The third-order valence-corrected chi connectivity index (χ3v) is 2.82. The summed E-state index contributed by atoms with van der Waals surface area (Å²) < 4.78 is 5.95. The van der Waals surface area contributed by atoms with Crippen molar-refractivity contribution >= 4 is 0 Å². The van der Waals surface area contributed by atoms with Gasteiger partial charge in [0.05, 0.1) is 0 Å². The molecule has 19 heavy (non-hydrogen) atoms. The number of aromatic amines is 1. The molecule has 1 fully saturated rings. The predicted octanol–water partition coefficient (Wildman–Crippen LogP) is -4.28. The zero-order valence-corrected chi connectivity index (χ0v) is 9.63. The van der Waals surface area contributed by atoms with Crippen LogP contribution in [0.3, 0.4) is 0 Å². The topological polar surface area (TPSA) is 177 Å². The molecule has 1 saturated heterocycles. The highest BCUT2D eigenvalue weighted by molar-refractivity contribution is 4.97. The van der Waals surface area contributed by atoms with E-state index in [2.05, 4.69) is 0 Å². The molecule has 0 radical (unpaired) electrons. The number of aliphatic hydroxyl groups is 3. The van der Waals surface area contributed by atoms with E-state index in [1.165, 1.54) is 0 Å². The van der Waals surface area contributed by atoms with Gasteiger partial charge in [-0.05, 0) is 0 Å². The number of aliphatic hydroxyl groups excluding tert-OH is 2. The first-order valence-corrected chi connectivity index (χ1v) is 5.35. The largest absolute Gasteiger partial charge is 0.387 e. The third kappa shape index (κ3) is 2.45. The summed E-state index contributed by atoms with van der Waals surface area (Å²) in [5, 5.41) is 28.9. The highest BCUT2D eigenvalue weighted by Crippen LogP contribution is 2.30. The molecule has 0 aliphatic carbocycles. The molecule has 4 atom stereocenters. The number of hydrogen-bond acceptors (Lipinski definition) is 8. The molecular formula is C9H14N4O6. The van der Waals surface area contributed by atoms with Crippen LogP contribution in [-0.2, 0) is 4.74 Å². The fourth-order valence-corrected chi connectivity index (χ4v) is 1.90. The summed E-state index contributed by atoms with van der Waals surface area (Å²) in [6, 6.07) is 1.04. The molecule has 0 amide bonds. The van der Waals surface area contributed by atoms with Gasteiger partial charge in [0.15, 0.2) is 12.1 Å². The Morgan fingerprint density at radius 3 is 2.42 bits per heavy atom. The molecule has 10 nitrogen and oxygen atoms in total. The van der Waals surface area contributed by atoms with Crippen LogP contribution in [0.15, 0.2) is 21.9 Å². The van der Waals surface area contributed by atoms with Crippen molar-refractivity contribution < 1.29 is 20.1 Å². The van der Waals surface area contributed by atoms with E-state index in [1.807, 2.05) is 4.98 Å². The summed E-state index contributed by atoms with van der Waals surface area (Å²) in [5.41, 5.74) is 8.91. The lowest BCUT2D eigenvalue weighted by Crippen LogP contribution is -2.62. The number of ether oxygens (including phenoxy) is 1. The van der Waals surface area contributed by atoms with Crippen LogP contribution in [0.1, 0.15) is 6.23 Å². The number of nitrogens with one attached hydrogen (secondary N) is 1. The van der Waals surface area contributed by atoms with E-state index in [4.69, 9.17) is 16.2 Å². The van der Waals surface area contributed by atoms with Crippen LogP contribution in [-0.4, -0.2) is 49.0 Å². The molecule has 1 aliphatic heterocycles. The first kappa shape index (κ1) is 13.9. The summed E-state index contributed by atoms with van der Waals surface area (Å²) in [4.78, 5) is 24.4. The quantitative estimate of drug-likeness (QED) is 0.293. The van der Waals surface area contributed by atoms with Crippen molar-refractivity contribution in [3.05, 3.63) is 33.1 Å². The van der Waals surface area contributed by atoms with Crippen LogP contribution in [0.25, 0.3) is 0 Å². The Balaban J connectivity index is 2.37. The Bertz CT molecular complexity index is 575. The molecule has 2 heterocycles. The van der Waals surface area contributed by atoms with E-state index in [0.717, 1.165) is 16.8 Å². The maximum atomic E-state index is 11.5. The highest BCUT2D eigenvalue weighted by atomic mass is 16.6. The van der Waals surface area contributed by atoms with Crippen molar-refractivity contribution in [3.8, 4) is 0 Å². The van der Waals surface area contributed by atoms with Crippen molar-refractivity contribution in [2.75, 3.05) is 0 Å². The normalized spacial score (nSPS) is 31.6. The zero-order valence-electron chi connectivity index (χ0n) is 9.63. The number of H-pyrrole nitrogens is 1. The molecule has 0 saturated carbocycles. The molecule has 0 spiro atoms. The standard InChI is InChI=1S/C9H14N4O6/c10-9(11,18)6-4(15)5(16)7(19-6)13-2-1-3(14)12-8(13)17/h1-2,4-7,15-16,18H,10-11H2,(H,12,14,17)/t4-,5+,6-,7+/m0/s1. The van der Waals surface area contributed by atoms with E-state index in [9.17, 15) is 24.9 Å². The predicted molar refractivity (Wildman–Crippen MR) is 60.6 cm³/mol. The molecule has 0 aromatic carbocycles. The summed E-state index contributed by atoms with van der Waals surface area (Å²) in [7, 11) is 0. The second-order valence-electron chi connectivity index (χ2n) is 4.33. The van der Waals surface area contributed by atoms with Crippen LogP contribution < -0.4 is 22.7 Å². The molecule has 1 aliphatic rings. The van der Waals surface area contributed by atoms with Gasteiger partial charge in [-0.2, -0.15) is 0 Å². The molecule has 1 aromatic rings. The Labute approximate surface area is 105 Å². The maximum absolute atomic E-state index is 11.5. The third-order valence-electron chi connectivity index (χ3n) is 2.82. The molecule has 1 aromatic heterocycles. The smallest absolute Gasteiger partial charge is 0.330 e. The maximum Gasteiger partial charge on any atom is 0.330 e. The summed E-state index contributed by atoms with van der Waals surface area (Å²) in [6.07, 6.45) is -4.89.